The second-order valence-electron chi connectivity index (χ2n) is 4.47. The van der Waals surface area contributed by atoms with E-state index in [0.717, 1.165) is 38.5 Å². The van der Waals surface area contributed by atoms with Crippen molar-refractivity contribution in [3.05, 3.63) is 17.3 Å². The smallest absolute Gasteiger partial charge is 0.127 e. The summed E-state index contributed by atoms with van der Waals surface area (Å²) in [5, 5.41) is 0.977. The number of pyridine rings is 1. The van der Waals surface area contributed by atoms with E-state index in [2.05, 4.69) is 11.9 Å². The summed E-state index contributed by atoms with van der Waals surface area (Å²) in [6, 6.07) is 2.02. The Kier molecular flexibility index (Phi) is 4.02. The molecule has 0 spiro atoms. The minimum atomic E-state index is -0.989. The molecule has 0 amide bonds. The fourth-order valence-corrected chi connectivity index (χ4v) is 4.88. The zero-order valence-corrected chi connectivity index (χ0v) is 12.6. The zero-order valence-electron chi connectivity index (χ0n) is 10.9. The summed E-state index contributed by atoms with van der Waals surface area (Å²) < 4.78 is 13.0. The van der Waals surface area contributed by atoms with Gasteiger partial charge in [0, 0.05) is 16.8 Å². The van der Waals surface area contributed by atoms with Crippen molar-refractivity contribution in [3.8, 4) is 0 Å². The molecule has 98 valence electrons. The molecule has 2 N–H and O–H groups in total. The predicted molar refractivity (Wildman–Crippen MR) is 79.7 cm³/mol. The normalized spacial score (nSPS) is 13.1. The lowest BCUT2D eigenvalue weighted by molar-refractivity contribution is 0.681. The van der Waals surface area contributed by atoms with Gasteiger partial charge in [-0.2, -0.15) is 0 Å². The van der Waals surface area contributed by atoms with Gasteiger partial charge in [-0.15, -0.1) is 11.3 Å². The molecule has 0 aliphatic rings. The second-order valence-corrected chi connectivity index (χ2v) is 7.23. The molecule has 18 heavy (non-hydrogen) atoms. The van der Waals surface area contributed by atoms with E-state index >= 15 is 0 Å². The Balaban J connectivity index is 2.50. The molecule has 0 fully saturated rings. The summed E-state index contributed by atoms with van der Waals surface area (Å²) in [5.74, 6) is 0.686. The number of aromatic nitrogens is 1. The maximum absolute atomic E-state index is 12.2. The third-order valence-corrected chi connectivity index (χ3v) is 5.87. The van der Waals surface area contributed by atoms with Gasteiger partial charge in [-0.25, -0.2) is 4.98 Å². The Morgan fingerprint density at radius 2 is 2.17 bits per heavy atom. The first-order valence-corrected chi connectivity index (χ1v) is 8.22. The third-order valence-electron chi connectivity index (χ3n) is 2.88. The van der Waals surface area contributed by atoms with Crippen LogP contribution in [0.25, 0.3) is 10.2 Å². The monoisotopic (exact) mass is 282 g/mol. The van der Waals surface area contributed by atoms with Gasteiger partial charge in [-0.1, -0.05) is 13.3 Å². The molecule has 2 aromatic rings. The number of fused-ring (bicyclic) bond motifs is 1. The number of hydrogen-bond acceptors (Lipinski definition) is 4. The number of thiophene rings is 1. The highest BCUT2D eigenvalue weighted by atomic mass is 32.2. The molecular weight excluding hydrogens is 264 g/mol. The predicted octanol–water partition coefficient (Wildman–Crippen LogP) is 3.40. The van der Waals surface area contributed by atoms with Crippen molar-refractivity contribution in [1.82, 2.24) is 4.98 Å². The average Bonchev–Trinajstić information content (AvgIpc) is 2.63. The standard InChI is InChI=1S/C13H18N2OS2/c1-4-5-6-18(16)13-11(14)10-8(2)7-9(3)15-12(10)17-13/h7H,4-6,14H2,1-3H3/t18-/m1/s1. The molecule has 0 saturated heterocycles. The Hall–Kier alpha value is -0.940. The van der Waals surface area contributed by atoms with Crippen LogP contribution in [0, 0.1) is 13.8 Å². The van der Waals surface area contributed by atoms with Crippen LogP contribution >= 0.6 is 11.3 Å². The zero-order chi connectivity index (χ0) is 13.3. The van der Waals surface area contributed by atoms with Crippen molar-refractivity contribution in [1.29, 1.82) is 0 Å². The highest BCUT2D eigenvalue weighted by Gasteiger charge is 2.17. The Labute approximate surface area is 114 Å². The molecule has 0 radical (unpaired) electrons. The molecule has 0 aliphatic carbocycles. The first kappa shape index (κ1) is 13.5. The van der Waals surface area contributed by atoms with Gasteiger partial charge in [0.15, 0.2) is 0 Å². The van der Waals surface area contributed by atoms with Crippen LogP contribution in [0.3, 0.4) is 0 Å². The SMILES string of the molecule is CCCC[S@@](=O)c1sc2nc(C)cc(C)c2c1N. The van der Waals surface area contributed by atoms with Gasteiger partial charge in [-0.3, -0.25) is 4.21 Å². The number of hydrogen-bond donors (Lipinski definition) is 1. The Morgan fingerprint density at radius 3 is 2.83 bits per heavy atom. The molecule has 3 nitrogen and oxygen atoms in total. The van der Waals surface area contributed by atoms with Crippen molar-refractivity contribution in [2.24, 2.45) is 0 Å². The molecule has 0 unspecified atom stereocenters. The number of nitrogens with zero attached hydrogens (tertiary/aromatic N) is 1. The number of aryl methyl sites for hydroxylation is 2. The summed E-state index contributed by atoms with van der Waals surface area (Å²) in [7, 11) is -0.989. The molecule has 5 heteroatoms. The Bertz CT molecular complexity index is 605. The van der Waals surface area contributed by atoms with Gasteiger partial charge in [0.25, 0.3) is 0 Å². The number of anilines is 1. The quantitative estimate of drug-likeness (QED) is 0.935. The molecule has 2 rings (SSSR count). The van der Waals surface area contributed by atoms with Crippen molar-refractivity contribution in [3.63, 3.8) is 0 Å². The molecule has 2 heterocycles. The van der Waals surface area contributed by atoms with Gasteiger partial charge in [0.1, 0.15) is 9.04 Å². The van der Waals surface area contributed by atoms with Crippen molar-refractivity contribution in [2.75, 3.05) is 11.5 Å². The number of nitrogen functional groups attached to an aromatic ring is 1. The van der Waals surface area contributed by atoms with Crippen LogP contribution in [0.5, 0.6) is 0 Å². The van der Waals surface area contributed by atoms with Crippen LogP contribution in [0.4, 0.5) is 5.69 Å². The number of unbranched alkanes of at least 4 members (excludes halogenated alkanes) is 1. The van der Waals surface area contributed by atoms with Crippen LogP contribution in [-0.2, 0) is 10.8 Å². The minimum absolute atomic E-state index is 0.662. The summed E-state index contributed by atoms with van der Waals surface area (Å²) >= 11 is 1.47. The fourth-order valence-electron chi connectivity index (χ4n) is 1.99. The summed E-state index contributed by atoms with van der Waals surface area (Å²) in [6.07, 6.45) is 2.01. The number of nitrogens with two attached hydrogens (primary N) is 1. The van der Waals surface area contributed by atoms with E-state index < -0.39 is 10.8 Å². The van der Waals surface area contributed by atoms with Gasteiger partial charge in [0.05, 0.1) is 16.5 Å². The van der Waals surface area contributed by atoms with Gasteiger partial charge in [-0.05, 0) is 31.9 Å². The molecule has 0 bridgehead atoms. The van der Waals surface area contributed by atoms with Crippen molar-refractivity contribution in [2.45, 2.75) is 37.8 Å². The summed E-state index contributed by atoms with van der Waals surface area (Å²) in [5.41, 5.74) is 8.90. The third kappa shape index (κ3) is 2.42. The first-order chi connectivity index (χ1) is 8.54. The fraction of sp³-hybridized carbons (Fsp3) is 0.462. The van der Waals surface area contributed by atoms with E-state index in [1.54, 1.807) is 0 Å². The minimum Gasteiger partial charge on any atom is -0.396 e. The van der Waals surface area contributed by atoms with Gasteiger partial charge < -0.3 is 5.73 Å². The van der Waals surface area contributed by atoms with Crippen LogP contribution < -0.4 is 5.73 Å². The largest absolute Gasteiger partial charge is 0.396 e. The molecule has 1 atom stereocenters. The van der Waals surface area contributed by atoms with Gasteiger partial charge >= 0.3 is 0 Å². The van der Waals surface area contributed by atoms with Crippen LogP contribution in [0.2, 0.25) is 0 Å². The molecule has 0 aromatic carbocycles. The summed E-state index contributed by atoms with van der Waals surface area (Å²) in [6.45, 7) is 6.09. The van der Waals surface area contributed by atoms with Crippen LogP contribution in [-0.4, -0.2) is 14.9 Å². The lowest BCUT2D eigenvalue weighted by Crippen LogP contribution is -1.98. The van der Waals surface area contributed by atoms with Crippen molar-refractivity contribution < 1.29 is 4.21 Å². The van der Waals surface area contributed by atoms with E-state index in [9.17, 15) is 4.21 Å². The van der Waals surface area contributed by atoms with Crippen molar-refractivity contribution >= 4 is 38.0 Å². The molecular formula is C13H18N2OS2. The average molecular weight is 282 g/mol. The van der Waals surface area contributed by atoms with E-state index in [4.69, 9.17) is 5.73 Å². The lowest BCUT2D eigenvalue weighted by Gasteiger charge is -2.01. The molecule has 0 aliphatic heterocycles. The van der Waals surface area contributed by atoms with E-state index in [-0.39, 0.29) is 0 Å². The summed E-state index contributed by atoms with van der Waals surface area (Å²) in [4.78, 5) is 5.39. The van der Waals surface area contributed by atoms with Crippen LogP contribution in [0.15, 0.2) is 10.3 Å². The Morgan fingerprint density at radius 1 is 1.44 bits per heavy atom. The topological polar surface area (TPSA) is 56.0 Å². The first-order valence-electron chi connectivity index (χ1n) is 6.09. The number of rotatable bonds is 4. The molecule has 2 aromatic heterocycles. The molecule has 0 saturated carbocycles. The van der Waals surface area contributed by atoms with E-state index in [1.165, 1.54) is 11.3 Å². The van der Waals surface area contributed by atoms with Gasteiger partial charge in [0.2, 0.25) is 0 Å². The van der Waals surface area contributed by atoms with Crippen LogP contribution in [0.1, 0.15) is 31.0 Å². The maximum Gasteiger partial charge on any atom is 0.127 e. The maximum atomic E-state index is 12.2. The van der Waals surface area contributed by atoms with E-state index in [0.29, 0.717) is 11.4 Å². The lowest BCUT2D eigenvalue weighted by atomic mass is 10.2. The second kappa shape index (κ2) is 5.36. The highest BCUT2D eigenvalue weighted by molar-refractivity contribution is 7.87. The highest BCUT2D eigenvalue weighted by Crippen LogP contribution is 2.37. The van der Waals surface area contributed by atoms with E-state index in [1.807, 2.05) is 19.9 Å².